The molecule has 24 heavy (non-hydrogen) atoms. The van der Waals surface area contributed by atoms with Gasteiger partial charge in [0.25, 0.3) is 0 Å². The van der Waals surface area contributed by atoms with Gasteiger partial charge >= 0.3 is 0 Å². The Bertz CT molecular complexity index is 806. The zero-order valence-corrected chi connectivity index (χ0v) is 15.5. The molecule has 1 atom stereocenters. The van der Waals surface area contributed by atoms with Crippen molar-refractivity contribution in [3.05, 3.63) is 34.3 Å². The summed E-state index contributed by atoms with van der Waals surface area (Å²) in [5.74, 6) is -0.478. The number of aryl methyl sites for hydroxylation is 1. The van der Waals surface area contributed by atoms with Gasteiger partial charge in [-0.2, -0.15) is 4.72 Å². The number of aromatic nitrogens is 2. The summed E-state index contributed by atoms with van der Waals surface area (Å²) >= 11 is 7.02. The van der Waals surface area contributed by atoms with Gasteiger partial charge in [0.2, 0.25) is 21.1 Å². The first-order valence-corrected chi connectivity index (χ1v) is 9.94. The number of amides is 1. The smallest absolute Gasteiger partial charge is 0.244 e. The van der Waals surface area contributed by atoms with Gasteiger partial charge in [0, 0.05) is 5.02 Å². The minimum atomic E-state index is -3.83. The molecule has 7 nitrogen and oxygen atoms in total. The molecule has 130 valence electrons. The molecule has 0 spiro atoms. The van der Waals surface area contributed by atoms with E-state index in [9.17, 15) is 13.2 Å². The van der Waals surface area contributed by atoms with Gasteiger partial charge < -0.3 is 0 Å². The third-order valence-electron chi connectivity index (χ3n) is 3.15. The Morgan fingerprint density at radius 3 is 2.46 bits per heavy atom. The predicted octanol–water partition coefficient (Wildman–Crippen LogP) is 2.45. The van der Waals surface area contributed by atoms with Crippen LogP contribution in [0.25, 0.3) is 0 Å². The molecule has 10 heteroatoms. The van der Waals surface area contributed by atoms with Crippen LogP contribution in [0, 0.1) is 0 Å². The Balaban J connectivity index is 2.09. The van der Waals surface area contributed by atoms with Crippen molar-refractivity contribution in [1.29, 1.82) is 0 Å². The standard InChI is InChI=1S/C14H17ClN4O3S2/c1-3-11(13(20)16-14-18-17-12(4-2)23-14)19-24(21,22)10-7-5-9(15)6-8-10/h5-8,11,19H,3-4H2,1-2H3,(H,16,18,20). The van der Waals surface area contributed by atoms with E-state index in [4.69, 9.17) is 11.6 Å². The molecule has 2 aromatic rings. The number of nitrogens with one attached hydrogen (secondary N) is 2. The number of hydrogen-bond acceptors (Lipinski definition) is 6. The summed E-state index contributed by atoms with van der Waals surface area (Å²) in [5, 5.41) is 11.9. The Morgan fingerprint density at radius 1 is 1.25 bits per heavy atom. The zero-order valence-electron chi connectivity index (χ0n) is 13.1. The van der Waals surface area contributed by atoms with E-state index >= 15 is 0 Å². The van der Waals surface area contributed by atoms with E-state index in [1.165, 1.54) is 35.6 Å². The second-order valence-corrected chi connectivity index (χ2v) is 8.09. The van der Waals surface area contributed by atoms with Crippen molar-refractivity contribution in [2.24, 2.45) is 0 Å². The van der Waals surface area contributed by atoms with Crippen LogP contribution >= 0.6 is 22.9 Å². The van der Waals surface area contributed by atoms with Gasteiger partial charge in [0.1, 0.15) is 11.0 Å². The van der Waals surface area contributed by atoms with E-state index in [-0.39, 0.29) is 11.3 Å². The molecule has 2 rings (SSSR count). The molecule has 0 saturated heterocycles. The highest BCUT2D eigenvalue weighted by Crippen LogP contribution is 2.17. The van der Waals surface area contributed by atoms with Gasteiger partial charge in [-0.1, -0.05) is 36.8 Å². The molecule has 0 aliphatic rings. The average Bonchev–Trinajstić information content (AvgIpc) is 3.00. The van der Waals surface area contributed by atoms with Crippen molar-refractivity contribution in [3.8, 4) is 0 Å². The van der Waals surface area contributed by atoms with E-state index in [0.29, 0.717) is 16.6 Å². The summed E-state index contributed by atoms with van der Waals surface area (Å²) in [6.07, 6.45) is 1.01. The lowest BCUT2D eigenvalue weighted by atomic mass is 10.2. The lowest BCUT2D eigenvalue weighted by Gasteiger charge is -2.16. The largest absolute Gasteiger partial charge is 0.299 e. The summed E-state index contributed by atoms with van der Waals surface area (Å²) in [6, 6.07) is 4.80. The molecule has 1 aromatic carbocycles. The molecule has 0 saturated carbocycles. The number of rotatable bonds is 7. The molecule has 0 aliphatic heterocycles. The van der Waals surface area contributed by atoms with Crippen molar-refractivity contribution >= 4 is 44.0 Å². The van der Waals surface area contributed by atoms with Crippen molar-refractivity contribution in [2.75, 3.05) is 5.32 Å². The molecular weight excluding hydrogens is 372 g/mol. The highest BCUT2D eigenvalue weighted by Gasteiger charge is 2.25. The number of carbonyl (C=O) groups excluding carboxylic acids is 1. The molecule has 0 fully saturated rings. The number of anilines is 1. The van der Waals surface area contributed by atoms with Crippen LogP contribution in [0.2, 0.25) is 5.02 Å². The molecule has 1 aromatic heterocycles. The summed E-state index contributed by atoms with van der Waals surface area (Å²) in [4.78, 5) is 12.3. The molecule has 2 N–H and O–H groups in total. The van der Waals surface area contributed by atoms with Crippen LogP contribution in [0.15, 0.2) is 29.2 Å². The van der Waals surface area contributed by atoms with Crippen molar-refractivity contribution in [1.82, 2.24) is 14.9 Å². The van der Waals surface area contributed by atoms with Crippen LogP contribution in [-0.2, 0) is 21.2 Å². The van der Waals surface area contributed by atoms with Crippen LogP contribution in [0.4, 0.5) is 5.13 Å². The van der Waals surface area contributed by atoms with Gasteiger partial charge in [-0.25, -0.2) is 8.42 Å². The van der Waals surface area contributed by atoms with E-state index in [1.807, 2.05) is 6.92 Å². The van der Waals surface area contributed by atoms with E-state index in [2.05, 4.69) is 20.2 Å². The first-order valence-electron chi connectivity index (χ1n) is 7.26. The summed E-state index contributed by atoms with van der Waals surface area (Å²) < 4.78 is 27.1. The minimum Gasteiger partial charge on any atom is -0.299 e. The average molecular weight is 389 g/mol. The van der Waals surface area contributed by atoms with Crippen molar-refractivity contribution in [3.63, 3.8) is 0 Å². The maximum Gasteiger partial charge on any atom is 0.244 e. The van der Waals surface area contributed by atoms with Crippen molar-refractivity contribution < 1.29 is 13.2 Å². The second-order valence-electron chi connectivity index (χ2n) is 4.88. The maximum atomic E-state index is 12.4. The summed E-state index contributed by atoms with van der Waals surface area (Å²) in [7, 11) is -3.83. The normalized spacial score (nSPS) is 12.8. The number of hydrogen-bond donors (Lipinski definition) is 2. The third-order valence-corrected chi connectivity index (χ3v) is 5.87. The van der Waals surface area contributed by atoms with Gasteiger partial charge in [-0.3, -0.25) is 10.1 Å². The SMILES string of the molecule is CCc1nnc(NC(=O)C(CC)NS(=O)(=O)c2ccc(Cl)cc2)s1. The predicted molar refractivity (Wildman–Crippen MR) is 93.8 cm³/mol. The van der Waals surface area contributed by atoms with Crippen LogP contribution in [-0.4, -0.2) is 30.6 Å². The van der Waals surface area contributed by atoms with E-state index in [0.717, 1.165) is 5.01 Å². The Hall–Kier alpha value is -1.55. The number of benzene rings is 1. The highest BCUT2D eigenvalue weighted by molar-refractivity contribution is 7.89. The topological polar surface area (TPSA) is 101 Å². The molecule has 1 heterocycles. The van der Waals surface area contributed by atoms with Crippen LogP contribution in [0.3, 0.4) is 0 Å². The number of halogens is 1. The zero-order chi connectivity index (χ0) is 17.7. The number of sulfonamides is 1. The molecule has 0 aliphatic carbocycles. The molecule has 1 unspecified atom stereocenters. The quantitative estimate of drug-likeness (QED) is 0.758. The Kier molecular flexibility index (Phi) is 6.27. The van der Waals surface area contributed by atoms with Gasteiger partial charge in [-0.05, 0) is 37.1 Å². The van der Waals surface area contributed by atoms with E-state index in [1.54, 1.807) is 6.92 Å². The Morgan fingerprint density at radius 2 is 1.92 bits per heavy atom. The number of carbonyl (C=O) groups is 1. The van der Waals surface area contributed by atoms with Gasteiger partial charge in [-0.15, -0.1) is 10.2 Å². The van der Waals surface area contributed by atoms with E-state index < -0.39 is 22.0 Å². The summed E-state index contributed by atoms with van der Waals surface area (Å²) in [5.41, 5.74) is 0. The van der Waals surface area contributed by atoms with Crippen molar-refractivity contribution in [2.45, 2.75) is 37.6 Å². The fourth-order valence-electron chi connectivity index (χ4n) is 1.83. The van der Waals surface area contributed by atoms with Crippen LogP contribution < -0.4 is 10.0 Å². The van der Waals surface area contributed by atoms with Crippen LogP contribution in [0.1, 0.15) is 25.3 Å². The van der Waals surface area contributed by atoms with Crippen LogP contribution in [0.5, 0.6) is 0 Å². The lowest BCUT2D eigenvalue weighted by molar-refractivity contribution is -0.117. The first-order chi connectivity index (χ1) is 11.4. The fraction of sp³-hybridized carbons (Fsp3) is 0.357. The Labute approximate surface area is 149 Å². The van der Waals surface area contributed by atoms with Gasteiger partial charge in [0.15, 0.2) is 0 Å². The minimum absolute atomic E-state index is 0.0438. The highest BCUT2D eigenvalue weighted by atomic mass is 35.5. The molecule has 0 radical (unpaired) electrons. The lowest BCUT2D eigenvalue weighted by Crippen LogP contribution is -2.43. The maximum absolute atomic E-state index is 12.4. The fourth-order valence-corrected chi connectivity index (χ4v) is 3.92. The number of nitrogens with zero attached hydrogens (tertiary/aromatic N) is 2. The molecule has 1 amide bonds. The monoisotopic (exact) mass is 388 g/mol. The molecule has 0 bridgehead atoms. The van der Waals surface area contributed by atoms with Gasteiger partial charge in [0.05, 0.1) is 4.90 Å². The summed E-state index contributed by atoms with van der Waals surface area (Å²) in [6.45, 7) is 3.65. The third kappa shape index (κ3) is 4.73. The second kappa shape index (κ2) is 8.02. The molecular formula is C14H17ClN4O3S2. The first kappa shape index (κ1) is 18.8.